The highest BCUT2D eigenvalue weighted by atomic mass is 35.5. The summed E-state index contributed by atoms with van der Waals surface area (Å²) in [5, 5.41) is 1.88. The summed E-state index contributed by atoms with van der Waals surface area (Å²) in [5.74, 6) is 0. The molecule has 0 aliphatic carbocycles. The van der Waals surface area contributed by atoms with Crippen molar-refractivity contribution in [2.24, 2.45) is 5.41 Å². The molecule has 3 heteroatoms. The number of hydrogen-bond acceptors (Lipinski definition) is 1. The average molecular weight is 413 g/mol. The predicted octanol–water partition coefficient (Wildman–Crippen LogP) is 8.85. The molecule has 0 aliphatic heterocycles. The number of thioether (sulfide) groups is 1. The Morgan fingerprint density at radius 1 is 1.15 bits per heavy atom. The Hall–Kier alpha value is -0.370. The fourth-order valence-electron chi connectivity index (χ4n) is 2.93. The minimum Gasteiger partial charge on any atom is -0.162 e. The van der Waals surface area contributed by atoms with Gasteiger partial charge in [-0.15, -0.1) is 0 Å². The van der Waals surface area contributed by atoms with E-state index in [9.17, 15) is 0 Å². The molecule has 0 saturated heterocycles. The zero-order valence-corrected chi connectivity index (χ0v) is 19.4. The summed E-state index contributed by atoms with van der Waals surface area (Å²) in [6.07, 6.45) is 8.58. The van der Waals surface area contributed by atoms with Crippen LogP contribution in [0.25, 0.3) is 5.57 Å². The van der Waals surface area contributed by atoms with Crippen LogP contribution < -0.4 is 0 Å². The lowest BCUT2D eigenvalue weighted by atomic mass is 9.84. The van der Waals surface area contributed by atoms with Gasteiger partial charge >= 0.3 is 0 Å². The number of hydrogen-bond donors (Lipinski definition) is 0. The topological polar surface area (TPSA) is 0 Å². The number of rotatable bonds is 10. The zero-order valence-electron chi connectivity index (χ0n) is 17.1. The van der Waals surface area contributed by atoms with E-state index in [4.69, 9.17) is 23.2 Å². The van der Waals surface area contributed by atoms with E-state index in [2.05, 4.69) is 53.2 Å². The molecular formula is C23H34Cl2S. The van der Waals surface area contributed by atoms with Crippen LogP contribution in [0.1, 0.15) is 70.9 Å². The van der Waals surface area contributed by atoms with E-state index in [-0.39, 0.29) is 5.41 Å². The van der Waals surface area contributed by atoms with Crippen molar-refractivity contribution in [2.75, 3.05) is 6.26 Å². The van der Waals surface area contributed by atoms with E-state index < -0.39 is 0 Å². The first kappa shape index (κ1) is 23.7. The second-order valence-corrected chi connectivity index (χ2v) is 10.0. The van der Waals surface area contributed by atoms with Crippen LogP contribution in [0.4, 0.5) is 0 Å². The Morgan fingerprint density at radius 2 is 1.81 bits per heavy atom. The molecule has 0 N–H and O–H groups in total. The van der Waals surface area contributed by atoms with E-state index in [0.717, 1.165) is 36.8 Å². The highest BCUT2D eigenvalue weighted by Crippen LogP contribution is 2.36. The molecule has 0 aliphatic rings. The van der Waals surface area contributed by atoms with Gasteiger partial charge in [0.15, 0.2) is 0 Å². The molecule has 1 atom stereocenters. The van der Waals surface area contributed by atoms with Crippen LogP contribution in [-0.2, 0) is 6.42 Å². The van der Waals surface area contributed by atoms with Crippen LogP contribution in [0.5, 0.6) is 0 Å². The van der Waals surface area contributed by atoms with Gasteiger partial charge in [0.05, 0.1) is 10.0 Å². The lowest BCUT2D eigenvalue weighted by Crippen LogP contribution is -2.08. The minimum absolute atomic E-state index is 0.161. The van der Waals surface area contributed by atoms with Gasteiger partial charge in [-0.2, -0.15) is 11.8 Å². The fourth-order valence-corrected chi connectivity index (χ4v) is 4.25. The van der Waals surface area contributed by atoms with Gasteiger partial charge in [-0.1, -0.05) is 76.0 Å². The number of benzene rings is 1. The molecule has 0 fully saturated rings. The molecular weight excluding hydrogens is 379 g/mol. The van der Waals surface area contributed by atoms with Gasteiger partial charge in [0.1, 0.15) is 0 Å². The molecule has 1 unspecified atom stereocenters. The maximum absolute atomic E-state index is 6.49. The molecule has 1 rings (SSSR count). The van der Waals surface area contributed by atoms with Crippen molar-refractivity contribution in [1.29, 1.82) is 0 Å². The van der Waals surface area contributed by atoms with E-state index in [1.807, 2.05) is 17.8 Å². The van der Waals surface area contributed by atoms with Crippen molar-refractivity contribution in [3.63, 3.8) is 0 Å². The molecule has 0 spiro atoms. The second kappa shape index (κ2) is 10.8. The molecule has 1 aromatic carbocycles. The van der Waals surface area contributed by atoms with Crippen molar-refractivity contribution >= 4 is 40.5 Å². The van der Waals surface area contributed by atoms with E-state index in [1.165, 1.54) is 24.0 Å². The maximum atomic E-state index is 6.49. The highest BCUT2D eigenvalue weighted by Gasteiger charge is 2.16. The summed E-state index contributed by atoms with van der Waals surface area (Å²) < 4.78 is 0. The summed E-state index contributed by atoms with van der Waals surface area (Å²) in [6.45, 7) is 17.4. The standard InChI is InChI=1S/C23H34Cl2S/c1-8-10-19(26-7)13-18-14-20(22(25)21(24)15-18)16(2)11-9-12-17(3)23(4,5)6/h14-15,19H,2-3,8-13H2,1,4-7H3. The van der Waals surface area contributed by atoms with Crippen molar-refractivity contribution in [3.8, 4) is 0 Å². The third kappa shape index (κ3) is 7.33. The molecule has 0 nitrogen and oxygen atoms in total. The van der Waals surface area contributed by atoms with E-state index in [1.54, 1.807) is 0 Å². The predicted molar refractivity (Wildman–Crippen MR) is 124 cm³/mol. The molecule has 0 amide bonds. The summed E-state index contributed by atoms with van der Waals surface area (Å²) in [5.41, 5.74) is 4.77. The molecule has 0 saturated carbocycles. The Kier molecular flexibility index (Phi) is 9.86. The monoisotopic (exact) mass is 412 g/mol. The SMILES string of the molecule is C=C(CCCC(=C)C(C)(C)C)c1cc(CC(CCC)SC)cc(Cl)c1Cl. The lowest BCUT2D eigenvalue weighted by molar-refractivity contribution is 0.480. The molecule has 1 aromatic rings. The van der Waals surface area contributed by atoms with Crippen LogP contribution in [-0.4, -0.2) is 11.5 Å². The normalized spacial score (nSPS) is 12.9. The van der Waals surface area contributed by atoms with E-state index in [0.29, 0.717) is 15.3 Å². The summed E-state index contributed by atoms with van der Waals surface area (Å²) >= 11 is 14.8. The molecule has 26 heavy (non-hydrogen) atoms. The summed E-state index contributed by atoms with van der Waals surface area (Å²) in [7, 11) is 0. The smallest absolute Gasteiger partial charge is 0.0667 e. The zero-order chi connectivity index (χ0) is 19.9. The minimum atomic E-state index is 0.161. The van der Waals surface area contributed by atoms with Gasteiger partial charge in [0.2, 0.25) is 0 Å². The molecule has 0 aromatic heterocycles. The van der Waals surface area contributed by atoms with Crippen LogP contribution in [0.2, 0.25) is 10.0 Å². The first-order chi connectivity index (χ1) is 12.1. The fraction of sp³-hybridized carbons (Fsp3) is 0.565. The van der Waals surface area contributed by atoms with Crippen LogP contribution in [0.3, 0.4) is 0 Å². The van der Waals surface area contributed by atoms with Crippen LogP contribution in [0.15, 0.2) is 30.9 Å². The molecule has 0 bridgehead atoms. The molecule has 146 valence electrons. The quantitative estimate of drug-likeness (QED) is 0.345. The van der Waals surface area contributed by atoms with Gasteiger partial charge in [0.25, 0.3) is 0 Å². The molecule has 0 heterocycles. The third-order valence-corrected chi connectivity index (χ3v) is 6.77. The van der Waals surface area contributed by atoms with Crippen molar-refractivity contribution in [3.05, 3.63) is 52.0 Å². The van der Waals surface area contributed by atoms with Crippen molar-refractivity contribution in [1.82, 2.24) is 0 Å². The van der Waals surface area contributed by atoms with Gasteiger partial charge < -0.3 is 0 Å². The third-order valence-electron chi connectivity index (χ3n) is 4.89. The number of halogens is 2. The average Bonchev–Trinajstić information content (AvgIpc) is 2.56. The Bertz CT molecular complexity index is 626. The van der Waals surface area contributed by atoms with Gasteiger partial charge in [-0.25, -0.2) is 0 Å². The Morgan fingerprint density at radius 3 is 2.35 bits per heavy atom. The van der Waals surface area contributed by atoms with Crippen molar-refractivity contribution < 1.29 is 0 Å². The van der Waals surface area contributed by atoms with E-state index >= 15 is 0 Å². The summed E-state index contributed by atoms with van der Waals surface area (Å²) in [6, 6.07) is 4.20. The lowest BCUT2D eigenvalue weighted by Gasteiger charge is -2.22. The van der Waals surface area contributed by atoms with Crippen LogP contribution >= 0.6 is 35.0 Å². The maximum Gasteiger partial charge on any atom is 0.0667 e. The largest absolute Gasteiger partial charge is 0.162 e. The Balaban J connectivity index is 2.84. The number of allylic oxidation sites excluding steroid dienone is 2. The van der Waals surface area contributed by atoms with Crippen LogP contribution in [0, 0.1) is 5.41 Å². The second-order valence-electron chi connectivity index (χ2n) is 8.10. The highest BCUT2D eigenvalue weighted by molar-refractivity contribution is 7.99. The molecule has 0 radical (unpaired) electrons. The van der Waals surface area contributed by atoms with Gasteiger partial charge in [-0.05, 0) is 72.6 Å². The summed E-state index contributed by atoms with van der Waals surface area (Å²) in [4.78, 5) is 0. The Labute approximate surface area is 175 Å². The van der Waals surface area contributed by atoms with Gasteiger partial charge in [0, 0.05) is 5.25 Å². The first-order valence-electron chi connectivity index (χ1n) is 9.47. The first-order valence-corrected chi connectivity index (χ1v) is 11.5. The van der Waals surface area contributed by atoms with Crippen molar-refractivity contribution in [2.45, 2.75) is 71.5 Å². The van der Waals surface area contributed by atoms with Gasteiger partial charge in [-0.3, -0.25) is 0 Å².